The number of methoxy groups -OCH3 is 2. The average molecular weight is 475 g/mol. The van der Waals surface area contributed by atoms with Crippen molar-refractivity contribution in [1.82, 2.24) is 14.5 Å². The van der Waals surface area contributed by atoms with Gasteiger partial charge in [0, 0.05) is 31.7 Å². The number of halogens is 1. The van der Waals surface area contributed by atoms with E-state index in [0.717, 1.165) is 5.56 Å². The SMILES string of the molecule is COc1ccc(OC)c(-c2ccc(N3CCN(S(=O)(=O)c4ccccc4Cl)CC3)nn2)c1. The molecule has 8 nitrogen and oxygen atoms in total. The van der Waals surface area contributed by atoms with E-state index in [0.29, 0.717) is 49.2 Å². The Morgan fingerprint density at radius 2 is 1.66 bits per heavy atom. The Balaban J connectivity index is 1.48. The van der Waals surface area contributed by atoms with Gasteiger partial charge in [0.05, 0.1) is 24.9 Å². The third-order valence-corrected chi connectivity index (χ3v) is 7.75. The Hall–Kier alpha value is -2.88. The quantitative estimate of drug-likeness (QED) is 0.541. The van der Waals surface area contributed by atoms with Crippen LogP contribution in [0.25, 0.3) is 11.3 Å². The maximum atomic E-state index is 12.9. The summed E-state index contributed by atoms with van der Waals surface area (Å²) in [4.78, 5) is 2.14. The first-order valence-corrected chi connectivity index (χ1v) is 11.8. The summed E-state index contributed by atoms with van der Waals surface area (Å²) in [5, 5.41) is 8.94. The minimum atomic E-state index is -3.64. The van der Waals surface area contributed by atoms with Crippen molar-refractivity contribution in [3.8, 4) is 22.8 Å². The van der Waals surface area contributed by atoms with Crippen molar-refractivity contribution >= 4 is 27.4 Å². The lowest BCUT2D eigenvalue weighted by Gasteiger charge is -2.34. The maximum absolute atomic E-state index is 12.9. The highest BCUT2D eigenvalue weighted by atomic mass is 35.5. The summed E-state index contributed by atoms with van der Waals surface area (Å²) in [6, 6.07) is 15.7. The van der Waals surface area contributed by atoms with Gasteiger partial charge >= 0.3 is 0 Å². The summed E-state index contributed by atoms with van der Waals surface area (Å²) in [5.74, 6) is 2.05. The zero-order chi connectivity index (χ0) is 22.7. The van der Waals surface area contributed by atoms with Gasteiger partial charge in [-0.1, -0.05) is 23.7 Å². The Morgan fingerprint density at radius 1 is 0.906 bits per heavy atom. The van der Waals surface area contributed by atoms with Crippen LogP contribution in [0.1, 0.15) is 0 Å². The molecule has 0 radical (unpaired) electrons. The number of piperazine rings is 1. The van der Waals surface area contributed by atoms with Crippen molar-refractivity contribution in [3.05, 3.63) is 59.6 Å². The van der Waals surface area contributed by atoms with E-state index in [1.165, 1.54) is 10.4 Å². The number of nitrogens with zero attached hydrogens (tertiary/aromatic N) is 4. The second-order valence-electron chi connectivity index (χ2n) is 7.16. The van der Waals surface area contributed by atoms with Gasteiger partial charge < -0.3 is 14.4 Å². The van der Waals surface area contributed by atoms with E-state index in [4.69, 9.17) is 21.1 Å². The van der Waals surface area contributed by atoms with E-state index in [-0.39, 0.29) is 9.92 Å². The molecule has 0 saturated carbocycles. The van der Waals surface area contributed by atoms with Crippen LogP contribution in [0.2, 0.25) is 5.02 Å². The second-order valence-corrected chi connectivity index (χ2v) is 9.48. The Labute approximate surface area is 192 Å². The molecule has 4 rings (SSSR count). The fraction of sp³-hybridized carbons (Fsp3) is 0.273. The van der Waals surface area contributed by atoms with Crippen LogP contribution in [0.15, 0.2) is 59.5 Å². The third-order valence-electron chi connectivity index (χ3n) is 5.35. The summed E-state index contributed by atoms with van der Waals surface area (Å²) in [6.45, 7) is 1.67. The molecule has 0 atom stereocenters. The molecule has 1 aliphatic rings. The van der Waals surface area contributed by atoms with Crippen LogP contribution in [0.5, 0.6) is 11.5 Å². The molecule has 2 aromatic carbocycles. The maximum Gasteiger partial charge on any atom is 0.244 e. The van der Waals surface area contributed by atoms with Crippen LogP contribution < -0.4 is 14.4 Å². The molecule has 3 aromatic rings. The van der Waals surface area contributed by atoms with Crippen LogP contribution in [0.3, 0.4) is 0 Å². The van der Waals surface area contributed by atoms with E-state index in [1.54, 1.807) is 32.4 Å². The normalized spacial score (nSPS) is 14.9. The zero-order valence-electron chi connectivity index (χ0n) is 17.7. The number of benzene rings is 2. The zero-order valence-corrected chi connectivity index (χ0v) is 19.3. The van der Waals surface area contributed by atoms with Crippen molar-refractivity contribution in [3.63, 3.8) is 0 Å². The van der Waals surface area contributed by atoms with Crippen molar-refractivity contribution in [2.24, 2.45) is 0 Å². The van der Waals surface area contributed by atoms with Crippen molar-refractivity contribution in [2.75, 3.05) is 45.3 Å². The topological polar surface area (TPSA) is 84.9 Å². The monoisotopic (exact) mass is 474 g/mol. The molecule has 0 amide bonds. The molecule has 0 bridgehead atoms. The van der Waals surface area contributed by atoms with Gasteiger partial charge in [-0.25, -0.2) is 8.42 Å². The molecular weight excluding hydrogens is 452 g/mol. The molecule has 0 unspecified atom stereocenters. The van der Waals surface area contributed by atoms with Gasteiger partial charge in [-0.15, -0.1) is 10.2 Å². The smallest absolute Gasteiger partial charge is 0.244 e. The lowest BCUT2D eigenvalue weighted by Crippen LogP contribution is -2.49. The molecule has 0 N–H and O–H groups in total. The lowest BCUT2D eigenvalue weighted by molar-refractivity contribution is 0.383. The summed E-state index contributed by atoms with van der Waals surface area (Å²) < 4.78 is 38.1. The number of sulfonamides is 1. The van der Waals surface area contributed by atoms with Gasteiger partial charge in [-0.05, 0) is 42.5 Å². The van der Waals surface area contributed by atoms with Gasteiger partial charge in [0.25, 0.3) is 0 Å². The minimum absolute atomic E-state index is 0.131. The molecule has 1 saturated heterocycles. The highest BCUT2D eigenvalue weighted by Crippen LogP contribution is 2.32. The largest absolute Gasteiger partial charge is 0.497 e. The standard InChI is InChI=1S/C22H23ClN4O4S/c1-30-16-7-9-20(31-2)17(15-16)19-8-10-22(25-24-19)26-11-13-27(14-12-26)32(28,29)21-6-4-3-5-18(21)23/h3-10,15H,11-14H2,1-2H3. The Morgan fingerprint density at radius 3 is 2.28 bits per heavy atom. The van der Waals surface area contributed by atoms with E-state index in [1.807, 2.05) is 35.2 Å². The van der Waals surface area contributed by atoms with Gasteiger partial charge in [0.1, 0.15) is 16.4 Å². The van der Waals surface area contributed by atoms with Gasteiger partial charge in [0.15, 0.2) is 5.82 Å². The molecule has 32 heavy (non-hydrogen) atoms. The van der Waals surface area contributed by atoms with Crippen LogP contribution >= 0.6 is 11.6 Å². The van der Waals surface area contributed by atoms with Gasteiger partial charge in [-0.3, -0.25) is 0 Å². The third kappa shape index (κ3) is 4.36. The number of hydrogen-bond donors (Lipinski definition) is 0. The fourth-order valence-corrected chi connectivity index (χ4v) is 5.52. The van der Waals surface area contributed by atoms with Crippen molar-refractivity contribution < 1.29 is 17.9 Å². The summed E-state index contributed by atoms with van der Waals surface area (Å²) in [7, 11) is -0.439. The number of anilines is 1. The molecule has 168 valence electrons. The fourth-order valence-electron chi connectivity index (χ4n) is 3.60. The number of aromatic nitrogens is 2. The van der Waals surface area contributed by atoms with Gasteiger partial charge in [0.2, 0.25) is 10.0 Å². The van der Waals surface area contributed by atoms with Crippen molar-refractivity contribution in [2.45, 2.75) is 4.90 Å². The average Bonchev–Trinajstić information content (AvgIpc) is 2.84. The highest BCUT2D eigenvalue weighted by Gasteiger charge is 2.30. The van der Waals surface area contributed by atoms with E-state index < -0.39 is 10.0 Å². The highest BCUT2D eigenvalue weighted by molar-refractivity contribution is 7.89. The molecule has 0 spiro atoms. The molecule has 1 fully saturated rings. The predicted octanol–water partition coefficient (Wildman–Crippen LogP) is 3.33. The van der Waals surface area contributed by atoms with Crippen LogP contribution in [0, 0.1) is 0 Å². The number of rotatable bonds is 6. The Bertz CT molecular complexity index is 1200. The van der Waals surface area contributed by atoms with Crippen LogP contribution in [0.4, 0.5) is 5.82 Å². The number of ether oxygens (including phenoxy) is 2. The van der Waals surface area contributed by atoms with Crippen LogP contribution in [-0.2, 0) is 10.0 Å². The second kappa shape index (κ2) is 9.32. The number of hydrogen-bond acceptors (Lipinski definition) is 7. The van der Waals surface area contributed by atoms with Crippen LogP contribution in [-0.4, -0.2) is 63.3 Å². The lowest BCUT2D eigenvalue weighted by atomic mass is 10.1. The molecule has 2 heterocycles. The summed E-state index contributed by atoms with van der Waals surface area (Å²) >= 11 is 6.11. The Kier molecular flexibility index (Phi) is 6.50. The predicted molar refractivity (Wildman–Crippen MR) is 123 cm³/mol. The molecular formula is C22H23ClN4O4S. The first-order valence-electron chi connectivity index (χ1n) is 10.00. The molecule has 0 aliphatic carbocycles. The van der Waals surface area contributed by atoms with E-state index >= 15 is 0 Å². The van der Waals surface area contributed by atoms with E-state index in [9.17, 15) is 8.42 Å². The first-order chi connectivity index (χ1) is 15.4. The van der Waals surface area contributed by atoms with Crippen molar-refractivity contribution in [1.29, 1.82) is 0 Å². The van der Waals surface area contributed by atoms with E-state index in [2.05, 4.69) is 10.2 Å². The summed E-state index contributed by atoms with van der Waals surface area (Å²) in [6.07, 6.45) is 0. The summed E-state index contributed by atoms with van der Waals surface area (Å²) in [5.41, 5.74) is 1.44. The first kappa shape index (κ1) is 22.3. The minimum Gasteiger partial charge on any atom is -0.497 e. The molecule has 10 heteroatoms. The molecule has 1 aromatic heterocycles. The molecule has 1 aliphatic heterocycles. The van der Waals surface area contributed by atoms with Gasteiger partial charge in [-0.2, -0.15) is 4.31 Å².